The van der Waals surface area contributed by atoms with Crippen LogP contribution in [-0.2, 0) is 14.3 Å². The van der Waals surface area contributed by atoms with Gasteiger partial charge in [0.1, 0.15) is 6.54 Å². The summed E-state index contributed by atoms with van der Waals surface area (Å²) in [5.41, 5.74) is 1.40. The van der Waals surface area contributed by atoms with Gasteiger partial charge in [0.15, 0.2) is 0 Å². The van der Waals surface area contributed by atoms with Crippen molar-refractivity contribution in [2.45, 2.75) is 38.1 Å². The Bertz CT molecular complexity index is 1170. The van der Waals surface area contributed by atoms with Gasteiger partial charge in [-0.25, -0.2) is 5.01 Å². The average Bonchev–Trinajstić information content (AvgIpc) is 3.73. The molecule has 0 radical (unpaired) electrons. The molecular weight excluding hydrogens is 506 g/mol. The first kappa shape index (κ1) is 26.5. The quantitative estimate of drug-likeness (QED) is 0.355. The molecule has 2 fully saturated rings. The van der Waals surface area contributed by atoms with Gasteiger partial charge in [0.25, 0.3) is 11.6 Å². The molecule has 0 N–H and O–H groups in total. The minimum atomic E-state index is -0.470. The summed E-state index contributed by atoms with van der Waals surface area (Å²) in [5.74, 6) is -0.275. The van der Waals surface area contributed by atoms with Crippen molar-refractivity contribution in [3.05, 3.63) is 62.3 Å². The smallest absolute Gasteiger partial charge is 0.269 e. The third-order valence-electron chi connectivity index (χ3n) is 7.57. The van der Waals surface area contributed by atoms with Crippen LogP contribution < -0.4 is 0 Å². The highest BCUT2D eigenvalue weighted by Gasteiger charge is 2.36. The number of carbonyl (C=O) groups excluding carboxylic acids is 2. The molecule has 1 aromatic heterocycles. The Kier molecular flexibility index (Phi) is 8.45. The molecule has 1 aliphatic carbocycles. The van der Waals surface area contributed by atoms with Gasteiger partial charge >= 0.3 is 0 Å². The summed E-state index contributed by atoms with van der Waals surface area (Å²) in [6.45, 7) is 4.07. The van der Waals surface area contributed by atoms with Gasteiger partial charge in [-0.2, -0.15) is 5.10 Å². The SMILES string of the molecule is O=C(C1CCCC1)N(CCN1CCOCC1)CC(=O)N1N=C(c2cccs2)CC1c1cccc([N+](=O)[O-])c1. The van der Waals surface area contributed by atoms with Gasteiger partial charge in [0, 0.05) is 50.7 Å². The van der Waals surface area contributed by atoms with Gasteiger partial charge in [-0.1, -0.05) is 31.0 Å². The summed E-state index contributed by atoms with van der Waals surface area (Å²) in [7, 11) is 0. The van der Waals surface area contributed by atoms with Crippen molar-refractivity contribution in [2.75, 3.05) is 45.9 Å². The van der Waals surface area contributed by atoms with E-state index in [1.165, 1.54) is 17.1 Å². The predicted molar refractivity (Wildman–Crippen MR) is 144 cm³/mol. The molecule has 2 amide bonds. The van der Waals surface area contributed by atoms with Gasteiger partial charge in [0.2, 0.25) is 5.91 Å². The molecule has 10 nitrogen and oxygen atoms in total. The van der Waals surface area contributed by atoms with E-state index in [1.54, 1.807) is 28.4 Å². The highest BCUT2D eigenvalue weighted by molar-refractivity contribution is 7.12. The van der Waals surface area contributed by atoms with Crippen LogP contribution >= 0.6 is 11.3 Å². The summed E-state index contributed by atoms with van der Waals surface area (Å²) >= 11 is 1.54. The molecule has 0 spiro atoms. The topological polar surface area (TPSA) is 109 Å². The average molecular weight is 540 g/mol. The van der Waals surface area contributed by atoms with Crippen LogP contribution in [0.1, 0.15) is 48.6 Å². The van der Waals surface area contributed by atoms with E-state index in [2.05, 4.69) is 4.90 Å². The van der Waals surface area contributed by atoms with Crippen molar-refractivity contribution < 1.29 is 19.2 Å². The van der Waals surface area contributed by atoms with Crippen LogP contribution in [0, 0.1) is 16.0 Å². The van der Waals surface area contributed by atoms with Gasteiger partial charge in [-0.15, -0.1) is 11.3 Å². The number of hydrogen-bond donors (Lipinski definition) is 0. The lowest BCUT2D eigenvalue weighted by Crippen LogP contribution is -2.47. The molecule has 11 heteroatoms. The maximum atomic E-state index is 13.8. The van der Waals surface area contributed by atoms with Crippen LogP contribution in [0.3, 0.4) is 0 Å². The number of ether oxygens (including phenoxy) is 1. The number of non-ortho nitro benzene ring substituents is 1. The second-order valence-corrected chi connectivity index (χ2v) is 11.0. The molecule has 202 valence electrons. The standard InChI is InChI=1S/C27H33N5O5S/c33-26(19-30(27(34)20-5-1-2-6-20)11-10-29-12-14-37-15-13-29)31-24(18-23(28-31)25-9-4-16-38-25)21-7-3-8-22(17-21)32(35)36/h3-4,7-9,16-17,20,24H,1-2,5-6,10-15,18-19H2. The van der Waals surface area contributed by atoms with Crippen LogP contribution in [0.2, 0.25) is 0 Å². The van der Waals surface area contributed by atoms with Crippen molar-refractivity contribution in [1.82, 2.24) is 14.8 Å². The highest BCUT2D eigenvalue weighted by atomic mass is 32.1. The molecule has 1 saturated carbocycles. The second kappa shape index (κ2) is 12.1. The second-order valence-electron chi connectivity index (χ2n) is 10.0. The normalized spacial score (nSPS) is 20.5. The number of nitrogens with zero attached hydrogens (tertiary/aromatic N) is 5. The Morgan fingerprint density at radius 1 is 1.16 bits per heavy atom. The number of thiophene rings is 1. The zero-order valence-corrected chi connectivity index (χ0v) is 22.2. The van der Waals surface area contributed by atoms with Crippen molar-refractivity contribution in [2.24, 2.45) is 11.0 Å². The Balaban J connectivity index is 1.37. The first-order chi connectivity index (χ1) is 18.5. The summed E-state index contributed by atoms with van der Waals surface area (Å²) in [6, 6.07) is 9.81. The molecule has 0 bridgehead atoms. The third kappa shape index (κ3) is 6.11. The van der Waals surface area contributed by atoms with Gasteiger partial charge in [-0.3, -0.25) is 24.6 Å². The van der Waals surface area contributed by atoms with Gasteiger partial charge in [-0.05, 0) is 29.9 Å². The monoisotopic (exact) mass is 539 g/mol. The number of amides is 2. The van der Waals surface area contributed by atoms with E-state index in [-0.39, 0.29) is 30.0 Å². The Morgan fingerprint density at radius 2 is 1.95 bits per heavy atom. The van der Waals surface area contributed by atoms with Crippen molar-refractivity contribution in [1.29, 1.82) is 0 Å². The lowest BCUT2D eigenvalue weighted by atomic mass is 10.0. The van der Waals surface area contributed by atoms with Gasteiger partial charge < -0.3 is 9.64 Å². The number of hydrazone groups is 1. The van der Waals surface area contributed by atoms with Crippen LogP contribution in [0.25, 0.3) is 0 Å². The number of carbonyl (C=O) groups is 2. The predicted octanol–water partition coefficient (Wildman–Crippen LogP) is 3.69. The van der Waals surface area contributed by atoms with Crippen LogP contribution in [-0.4, -0.2) is 83.2 Å². The Hall–Kier alpha value is -3.15. The molecule has 3 heterocycles. The highest BCUT2D eigenvalue weighted by Crippen LogP contribution is 2.35. The molecule has 1 aromatic carbocycles. The Morgan fingerprint density at radius 3 is 2.66 bits per heavy atom. The van der Waals surface area contributed by atoms with Crippen molar-refractivity contribution in [3.63, 3.8) is 0 Å². The maximum Gasteiger partial charge on any atom is 0.269 e. The molecule has 2 aromatic rings. The fraction of sp³-hybridized carbons (Fsp3) is 0.519. The summed E-state index contributed by atoms with van der Waals surface area (Å²) < 4.78 is 5.45. The number of benzene rings is 1. The number of rotatable bonds is 9. The molecule has 3 aliphatic rings. The molecule has 1 unspecified atom stereocenters. The number of hydrogen-bond acceptors (Lipinski definition) is 8. The fourth-order valence-corrected chi connectivity index (χ4v) is 6.18. The largest absolute Gasteiger partial charge is 0.379 e. The van der Waals surface area contributed by atoms with E-state index in [0.29, 0.717) is 38.3 Å². The first-order valence-electron chi connectivity index (χ1n) is 13.3. The van der Waals surface area contributed by atoms with Crippen LogP contribution in [0.4, 0.5) is 5.69 Å². The number of morpholine rings is 1. The zero-order valence-electron chi connectivity index (χ0n) is 21.4. The molecule has 5 rings (SSSR count). The van der Waals surface area contributed by atoms with E-state index in [9.17, 15) is 19.7 Å². The minimum Gasteiger partial charge on any atom is -0.379 e. The van der Waals surface area contributed by atoms with Crippen LogP contribution in [0.15, 0.2) is 46.9 Å². The van der Waals surface area contributed by atoms with E-state index >= 15 is 0 Å². The van der Waals surface area contributed by atoms with E-state index < -0.39 is 11.0 Å². The Labute approximate surface area is 226 Å². The maximum absolute atomic E-state index is 13.8. The summed E-state index contributed by atoms with van der Waals surface area (Å²) in [5, 5.41) is 19.5. The summed E-state index contributed by atoms with van der Waals surface area (Å²) in [4.78, 5) is 43.2. The lowest BCUT2D eigenvalue weighted by Gasteiger charge is -2.32. The number of nitro groups is 1. The van der Waals surface area contributed by atoms with Crippen molar-refractivity contribution >= 4 is 34.6 Å². The molecule has 1 saturated heterocycles. The van der Waals surface area contributed by atoms with E-state index in [1.807, 2.05) is 17.5 Å². The number of nitro benzene ring substituents is 1. The minimum absolute atomic E-state index is 0.0250. The zero-order chi connectivity index (χ0) is 26.5. The third-order valence-corrected chi connectivity index (χ3v) is 8.49. The van der Waals surface area contributed by atoms with E-state index in [4.69, 9.17) is 9.84 Å². The molecule has 1 atom stereocenters. The fourth-order valence-electron chi connectivity index (χ4n) is 5.46. The molecule has 2 aliphatic heterocycles. The van der Waals surface area contributed by atoms with Crippen LogP contribution in [0.5, 0.6) is 0 Å². The van der Waals surface area contributed by atoms with Crippen molar-refractivity contribution in [3.8, 4) is 0 Å². The molecule has 38 heavy (non-hydrogen) atoms. The van der Waals surface area contributed by atoms with E-state index in [0.717, 1.165) is 49.4 Å². The molecular formula is C27H33N5O5S. The summed E-state index contributed by atoms with van der Waals surface area (Å²) in [6.07, 6.45) is 4.26. The first-order valence-corrected chi connectivity index (χ1v) is 14.1. The lowest BCUT2D eigenvalue weighted by molar-refractivity contribution is -0.385. The van der Waals surface area contributed by atoms with Gasteiger partial charge in [0.05, 0.1) is 34.8 Å².